The largest absolute Gasteiger partial charge is 0.437 e. The minimum atomic E-state index is 0.461. The summed E-state index contributed by atoms with van der Waals surface area (Å²) in [5.74, 6) is 1.33. The molecule has 2 aromatic carbocycles. The summed E-state index contributed by atoms with van der Waals surface area (Å²) in [7, 11) is 0. The fourth-order valence-electron chi connectivity index (χ4n) is 2.10. The van der Waals surface area contributed by atoms with Crippen molar-refractivity contribution in [3.8, 4) is 11.6 Å². The van der Waals surface area contributed by atoms with Crippen LogP contribution in [0.4, 0.5) is 0 Å². The average molecular weight is 329 g/mol. The Labute approximate surface area is 125 Å². The minimum Gasteiger partial charge on any atom is -0.437 e. The number of halogens is 1. The van der Waals surface area contributed by atoms with Gasteiger partial charge < -0.3 is 10.5 Å². The number of nitrogens with zero attached hydrogens (tertiary/aromatic N) is 1. The van der Waals surface area contributed by atoms with Crippen molar-refractivity contribution in [2.75, 3.05) is 0 Å². The molecule has 0 aliphatic carbocycles. The van der Waals surface area contributed by atoms with E-state index >= 15 is 0 Å². The van der Waals surface area contributed by atoms with Gasteiger partial charge in [0.25, 0.3) is 0 Å². The van der Waals surface area contributed by atoms with Gasteiger partial charge >= 0.3 is 0 Å². The van der Waals surface area contributed by atoms with Crippen molar-refractivity contribution in [3.05, 3.63) is 64.8 Å². The summed E-state index contributed by atoms with van der Waals surface area (Å²) in [6.07, 6.45) is 1.77. The van der Waals surface area contributed by atoms with Gasteiger partial charge in [-0.3, -0.25) is 0 Å². The lowest BCUT2D eigenvalue weighted by molar-refractivity contribution is 0.466. The van der Waals surface area contributed by atoms with Gasteiger partial charge in [0.1, 0.15) is 5.75 Å². The monoisotopic (exact) mass is 328 g/mol. The van der Waals surface area contributed by atoms with Crippen LogP contribution < -0.4 is 10.5 Å². The molecule has 0 aliphatic heterocycles. The van der Waals surface area contributed by atoms with Crippen LogP contribution in [-0.4, -0.2) is 4.98 Å². The summed E-state index contributed by atoms with van der Waals surface area (Å²) in [5.41, 5.74) is 6.77. The lowest BCUT2D eigenvalue weighted by Gasteiger charge is -2.11. The van der Waals surface area contributed by atoms with Crippen molar-refractivity contribution >= 4 is 26.7 Å². The molecule has 0 saturated carbocycles. The number of aromatic nitrogens is 1. The van der Waals surface area contributed by atoms with E-state index in [2.05, 4.69) is 20.9 Å². The third-order valence-electron chi connectivity index (χ3n) is 3.10. The van der Waals surface area contributed by atoms with Crippen LogP contribution in [0.15, 0.2) is 59.2 Å². The fourth-order valence-corrected chi connectivity index (χ4v) is 2.47. The van der Waals surface area contributed by atoms with Crippen molar-refractivity contribution < 1.29 is 4.74 Å². The molecular formula is C16H13BrN2O. The smallest absolute Gasteiger partial charge is 0.227 e. The molecule has 2 N–H and O–H groups in total. The van der Waals surface area contributed by atoms with Crippen LogP contribution in [0, 0.1) is 0 Å². The van der Waals surface area contributed by atoms with E-state index < -0.39 is 0 Å². The number of nitrogens with two attached hydrogens (primary N) is 1. The Morgan fingerprint density at radius 2 is 1.70 bits per heavy atom. The molecule has 4 heteroatoms. The Morgan fingerprint density at radius 3 is 2.45 bits per heavy atom. The highest BCUT2D eigenvalue weighted by Gasteiger charge is 2.09. The second-order valence-corrected chi connectivity index (χ2v) is 5.23. The average Bonchev–Trinajstić information content (AvgIpc) is 2.50. The van der Waals surface area contributed by atoms with Gasteiger partial charge in [-0.05, 0) is 45.1 Å². The van der Waals surface area contributed by atoms with Gasteiger partial charge in [-0.25, -0.2) is 4.98 Å². The summed E-state index contributed by atoms with van der Waals surface area (Å²) in [6.45, 7) is 0.461. The van der Waals surface area contributed by atoms with Gasteiger partial charge in [0, 0.05) is 18.1 Å². The maximum absolute atomic E-state index is 5.92. The van der Waals surface area contributed by atoms with Crippen LogP contribution in [0.2, 0.25) is 0 Å². The number of pyridine rings is 1. The Hall–Kier alpha value is -1.91. The molecule has 1 aromatic heterocycles. The number of rotatable bonds is 3. The van der Waals surface area contributed by atoms with E-state index in [1.165, 1.54) is 0 Å². The molecule has 0 spiro atoms. The van der Waals surface area contributed by atoms with Crippen LogP contribution in [-0.2, 0) is 6.54 Å². The number of ether oxygens (including phenoxy) is 1. The van der Waals surface area contributed by atoms with Gasteiger partial charge in [0.2, 0.25) is 5.88 Å². The highest BCUT2D eigenvalue weighted by molar-refractivity contribution is 9.10. The molecule has 0 saturated heterocycles. The second-order valence-electron chi connectivity index (χ2n) is 4.37. The topological polar surface area (TPSA) is 48.1 Å². The van der Waals surface area contributed by atoms with Crippen molar-refractivity contribution in [2.45, 2.75) is 6.54 Å². The number of hydrogen-bond acceptors (Lipinski definition) is 3. The summed E-state index contributed by atoms with van der Waals surface area (Å²) in [4.78, 5) is 4.39. The van der Waals surface area contributed by atoms with Gasteiger partial charge in [-0.15, -0.1) is 0 Å². The fraction of sp³-hybridized carbons (Fsp3) is 0.0625. The zero-order valence-corrected chi connectivity index (χ0v) is 12.3. The third kappa shape index (κ3) is 2.40. The second kappa shape index (κ2) is 5.61. The number of fused-ring (bicyclic) bond motifs is 1. The molecule has 3 aromatic rings. The molecule has 0 bridgehead atoms. The van der Waals surface area contributed by atoms with E-state index in [0.29, 0.717) is 12.4 Å². The van der Waals surface area contributed by atoms with Crippen LogP contribution >= 0.6 is 15.9 Å². The summed E-state index contributed by atoms with van der Waals surface area (Å²) < 4.78 is 6.82. The van der Waals surface area contributed by atoms with Gasteiger partial charge in [0.05, 0.1) is 4.47 Å². The van der Waals surface area contributed by atoms with E-state index in [1.807, 2.05) is 48.5 Å². The van der Waals surface area contributed by atoms with Crippen LogP contribution in [0.1, 0.15) is 5.56 Å². The number of para-hydroxylation sites is 1. The molecule has 0 atom stereocenters. The summed E-state index contributed by atoms with van der Waals surface area (Å²) in [6, 6.07) is 15.7. The Morgan fingerprint density at radius 1 is 1.00 bits per heavy atom. The van der Waals surface area contributed by atoms with Crippen molar-refractivity contribution in [2.24, 2.45) is 5.73 Å². The third-order valence-corrected chi connectivity index (χ3v) is 3.76. The van der Waals surface area contributed by atoms with E-state index in [4.69, 9.17) is 10.5 Å². The van der Waals surface area contributed by atoms with Gasteiger partial charge in [0.15, 0.2) is 0 Å². The molecule has 100 valence electrons. The standard InChI is InChI=1S/C16H13BrN2O/c17-14-7-3-4-8-15(14)20-16-13-6-2-1-5-12(13)11(9-18)10-19-16/h1-8,10H,9,18H2. The lowest BCUT2D eigenvalue weighted by atomic mass is 10.1. The first-order chi connectivity index (χ1) is 9.79. The van der Waals surface area contributed by atoms with E-state index in [0.717, 1.165) is 26.6 Å². The highest BCUT2D eigenvalue weighted by Crippen LogP contribution is 2.33. The first-order valence-electron chi connectivity index (χ1n) is 6.28. The van der Waals surface area contributed by atoms with Crippen molar-refractivity contribution in [1.29, 1.82) is 0 Å². The first-order valence-corrected chi connectivity index (χ1v) is 7.08. The Balaban J connectivity index is 2.11. The van der Waals surface area contributed by atoms with Gasteiger partial charge in [-0.1, -0.05) is 30.3 Å². The number of benzene rings is 2. The number of hydrogen-bond donors (Lipinski definition) is 1. The molecule has 0 aliphatic rings. The SMILES string of the molecule is NCc1cnc(Oc2ccccc2Br)c2ccccc12. The Bertz CT molecular complexity index is 758. The van der Waals surface area contributed by atoms with Crippen LogP contribution in [0.5, 0.6) is 11.6 Å². The highest BCUT2D eigenvalue weighted by atomic mass is 79.9. The molecule has 0 fully saturated rings. The predicted octanol–water partition coefficient (Wildman–Crippen LogP) is 4.25. The molecule has 3 rings (SSSR count). The molecule has 3 nitrogen and oxygen atoms in total. The van der Waals surface area contributed by atoms with E-state index in [1.54, 1.807) is 6.20 Å². The van der Waals surface area contributed by atoms with Crippen molar-refractivity contribution in [3.63, 3.8) is 0 Å². The van der Waals surface area contributed by atoms with E-state index in [-0.39, 0.29) is 0 Å². The molecular weight excluding hydrogens is 316 g/mol. The first kappa shape index (κ1) is 13.1. The van der Waals surface area contributed by atoms with Crippen LogP contribution in [0.25, 0.3) is 10.8 Å². The Kier molecular flexibility index (Phi) is 3.67. The maximum Gasteiger partial charge on any atom is 0.227 e. The summed E-state index contributed by atoms with van der Waals surface area (Å²) in [5, 5.41) is 2.04. The van der Waals surface area contributed by atoms with Gasteiger partial charge in [-0.2, -0.15) is 0 Å². The van der Waals surface area contributed by atoms with Crippen molar-refractivity contribution in [1.82, 2.24) is 4.98 Å². The zero-order chi connectivity index (χ0) is 13.9. The zero-order valence-electron chi connectivity index (χ0n) is 10.7. The maximum atomic E-state index is 5.92. The summed E-state index contributed by atoms with van der Waals surface area (Å²) >= 11 is 3.47. The minimum absolute atomic E-state index is 0.461. The molecule has 0 radical (unpaired) electrons. The lowest BCUT2D eigenvalue weighted by Crippen LogP contribution is -1.99. The molecule has 0 amide bonds. The molecule has 0 unspecified atom stereocenters. The molecule has 20 heavy (non-hydrogen) atoms. The van der Waals surface area contributed by atoms with E-state index in [9.17, 15) is 0 Å². The predicted molar refractivity (Wildman–Crippen MR) is 83.9 cm³/mol. The van der Waals surface area contributed by atoms with Crippen LogP contribution in [0.3, 0.4) is 0 Å². The quantitative estimate of drug-likeness (QED) is 0.781. The molecule has 1 heterocycles. The normalized spacial score (nSPS) is 10.7.